The molecule has 2 rings (SSSR count). The lowest BCUT2D eigenvalue weighted by Gasteiger charge is -2.32. The summed E-state index contributed by atoms with van der Waals surface area (Å²) in [6.07, 6.45) is 1.72. The molecule has 0 aromatic carbocycles. The molecule has 0 bridgehead atoms. The average molecular weight is 229 g/mol. The molecular weight excluding hydrogens is 212 g/mol. The first-order chi connectivity index (χ1) is 7.20. The molecule has 15 heavy (non-hydrogen) atoms. The first-order valence-electron chi connectivity index (χ1n) is 5.32. The van der Waals surface area contributed by atoms with Crippen LogP contribution in [0.2, 0.25) is 5.02 Å². The van der Waals surface area contributed by atoms with Gasteiger partial charge in [-0.05, 0) is 6.92 Å². The van der Waals surface area contributed by atoms with Crippen molar-refractivity contribution in [2.75, 3.05) is 26.2 Å². The van der Waals surface area contributed by atoms with Crippen LogP contribution in [-0.2, 0) is 7.05 Å². The van der Waals surface area contributed by atoms with Gasteiger partial charge in [0.15, 0.2) is 0 Å². The molecule has 84 valence electrons. The molecule has 0 spiro atoms. The van der Waals surface area contributed by atoms with Gasteiger partial charge in [-0.25, -0.2) is 0 Å². The topological polar surface area (TPSA) is 33.1 Å². The van der Waals surface area contributed by atoms with Crippen LogP contribution in [0.3, 0.4) is 0 Å². The highest BCUT2D eigenvalue weighted by Gasteiger charge is 2.22. The van der Waals surface area contributed by atoms with E-state index in [1.54, 1.807) is 6.20 Å². The van der Waals surface area contributed by atoms with Crippen molar-refractivity contribution < 1.29 is 0 Å². The van der Waals surface area contributed by atoms with Crippen LogP contribution in [0, 0.1) is 0 Å². The average Bonchev–Trinajstić information content (AvgIpc) is 2.59. The second-order valence-electron chi connectivity index (χ2n) is 3.96. The van der Waals surface area contributed by atoms with E-state index in [-0.39, 0.29) is 0 Å². The van der Waals surface area contributed by atoms with Gasteiger partial charge in [0.25, 0.3) is 0 Å². The molecule has 1 fully saturated rings. The zero-order chi connectivity index (χ0) is 10.8. The molecular formula is C10H17ClN4. The lowest BCUT2D eigenvalue weighted by Crippen LogP contribution is -2.44. The van der Waals surface area contributed by atoms with E-state index >= 15 is 0 Å². The standard InChI is InChI=1S/C10H17ClN4/c1-8(15-5-3-12-4-6-15)10-9(11)7-13-14(10)2/h7-8,12H,3-6H2,1-2H3. The predicted molar refractivity (Wildman–Crippen MR) is 61.1 cm³/mol. The van der Waals surface area contributed by atoms with Gasteiger partial charge in [0.05, 0.1) is 23.0 Å². The van der Waals surface area contributed by atoms with E-state index in [4.69, 9.17) is 11.6 Å². The summed E-state index contributed by atoms with van der Waals surface area (Å²) in [6.45, 7) is 6.44. The number of halogens is 1. The minimum Gasteiger partial charge on any atom is -0.314 e. The summed E-state index contributed by atoms with van der Waals surface area (Å²) in [5, 5.41) is 8.29. The van der Waals surface area contributed by atoms with Gasteiger partial charge in [0.1, 0.15) is 0 Å². The van der Waals surface area contributed by atoms with Crippen molar-refractivity contribution in [2.45, 2.75) is 13.0 Å². The fourth-order valence-electron chi connectivity index (χ4n) is 2.13. The quantitative estimate of drug-likeness (QED) is 0.821. The van der Waals surface area contributed by atoms with Gasteiger partial charge < -0.3 is 5.32 Å². The van der Waals surface area contributed by atoms with Crippen LogP contribution in [0.25, 0.3) is 0 Å². The fraction of sp³-hybridized carbons (Fsp3) is 0.700. The number of rotatable bonds is 2. The highest BCUT2D eigenvalue weighted by atomic mass is 35.5. The molecule has 0 radical (unpaired) electrons. The maximum absolute atomic E-state index is 6.13. The molecule has 1 atom stereocenters. The van der Waals surface area contributed by atoms with E-state index in [0.29, 0.717) is 6.04 Å². The van der Waals surface area contributed by atoms with Crippen LogP contribution in [0.5, 0.6) is 0 Å². The highest BCUT2D eigenvalue weighted by molar-refractivity contribution is 6.31. The number of aromatic nitrogens is 2. The van der Waals surface area contributed by atoms with Gasteiger partial charge in [-0.3, -0.25) is 9.58 Å². The third kappa shape index (κ3) is 2.17. The minimum absolute atomic E-state index is 0.340. The Morgan fingerprint density at radius 2 is 2.13 bits per heavy atom. The molecule has 1 unspecified atom stereocenters. The lowest BCUT2D eigenvalue weighted by molar-refractivity contribution is 0.179. The predicted octanol–water partition coefficient (Wildman–Crippen LogP) is 1.04. The Morgan fingerprint density at radius 1 is 1.47 bits per heavy atom. The zero-order valence-corrected chi connectivity index (χ0v) is 9.96. The Bertz CT molecular complexity index is 311. The number of hydrogen-bond donors (Lipinski definition) is 1. The zero-order valence-electron chi connectivity index (χ0n) is 9.20. The van der Waals surface area contributed by atoms with Crippen LogP contribution in [0.4, 0.5) is 0 Å². The summed E-state index contributed by atoms with van der Waals surface area (Å²) in [7, 11) is 1.94. The molecule has 1 aromatic heterocycles. The molecule has 2 heterocycles. The number of hydrogen-bond acceptors (Lipinski definition) is 3. The van der Waals surface area contributed by atoms with Gasteiger partial charge in [0, 0.05) is 33.2 Å². The van der Waals surface area contributed by atoms with Gasteiger partial charge >= 0.3 is 0 Å². The SMILES string of the molecule is CC(c1c(Cl)cnn1C)N1CCNCC1. The van der Waals surface area contributed by atoms with E-state index in [0.717, 1.165) is 36.9 Å². The second-order valence-corrected chi connectivity index (χ2v) is 4.37. The summed E-state index contributed by atoms with van der Waals surface area (Å²) in [4.78, 5) is 2.43. The van der Waals surface area contributed by atoms with E-state index < -0.39 is 0 Å². The third-order valence-electron chi connectivity index (χ3n) is 3.03. The molecule has 1 saturated heterocycles. The van der Waals surface area contributed by atoms with E-state index in [1.165, 1.54) is 0 Å². The van der Waals surface area contributed by atoms with Crippen LogP contribution in [0.15, 0.2) is 6.20 Å². The van der Waals surface area contributed by atoms with Crippen LogP contribution < -0.4 is 5.32 Å². The summed E-state index contributed by atoms with van der Waals surface area (Å²) in [5.41, 5.74) is 1.11. The fourth-order valence-corrected chi connectivity index (χ4v) is 2.46. The van der Waals surface area contributed by atoms with Crippen molar-refractivity contribution >= 4 is 11.6 Å². The Balaban J connectivity index is 2.15. The summed E-state index contributed by atoms with van der Waals surface area (Å²) in [6, 6.07) is 0.340. The summed E-state index contributed by atoms with van der Waals surface area (Å²) >= 11 is 6.13. The monoisotopic (exact) mass is 228 g/mol. The van der Waals surface area contributed by atoms with Crippen molar-refractivity contribution in [2.24, 2.45) is 7.05 Å². The van der Waals surface area contributed by atoms with E-state index in [1.807, 2.05) is 11.7 Å². The smallest absolute Gasteiger partial charge is 0.0833 e. The molecule has 0 amide bonds. The van der Waals surface area contributed by atoms with E-state index in [9.17, 15) is 0 Å². The lowest BCUT2D eigenvalue weighted by atomic mass is 10.2. The largest absolute Gasteiger partial charge is 0.314 e. The number of piperazine rings is 1. The van der Waals surface area contributed by atoms with Crippen molar-refractivity contribution in [3.05, 3.63) is 16.9 Å². The van der Waals surface area contributed by atoms with E-state index in [2.05, 4.69) is 22.2 Å². The number of aryl methyl sites for hydroxylation is 1. The Morgan fingerprint density at radius 3 is 2.67 bits per heavy atom. The maximum Gasteiger partial charge on any atom is 0.0833 e. The van der Waals surface area contributed by atoms with Crippen molar-refractivity contribution in [1.29, 1.82) is 0 Å². The molecule has 1 aromatic rings. The molecule has 4 nitrogen and oxygen atoms in total. The molecule has 1 N–H and O–H groups in total. The first-order valence-corrected chi connectivity index (χ1v) is 5.70. The highest BCUT2D eigenvalue weighted by Crippen LogP contribution is 2.26. The third-order valence-corrected chi connectivity index (χ3v) is 3.32. The Hall–Kier alpha value is -0.580. The Labute approximate surface area is 95.2 Å². The summed E-state index contributed by atoms with van der Waals surface area (Å²) in [5.74, 6) is 0. The molecule has 1 aliphatic heterocycles. The molecule has 1 aliphatic rings. The van der Waals surface area contributed by atoms with Crippen LogP contribution >= 0.6 is 11.6 Å². The van der Waals surface area contributed by atoms with Crippen LogP contribution in [-0.4, -0.2) is 40.9 Å². The second kappa shape index (κ2) is 4.51. The molecule has 0 saturated carbocycles. The van der Waals surface area contributed by atoms with Crippen molar-refractivity contribution in [3.8, 4) is 0 Å². The first kappa shape index (κ1) is 10.9. The van der Waals surface area contributed by atoms with Crippen LogP contribution in [0.1, 0.15) is 18.7 Å². The van der Waals surface area contributed by atoms with Gasteiger partial charge in [-0.2, -0.15) is 5.10 Å². The Kier molecular flexibility index (Phi) is 3.29. The van der Waals surface area contributed by atoms with Crippen molar-refractivity contribution in [1.82, 2.24) is 20.0 Å². The van der Waals surface area contributed by atoms with Gasteiger partial charge in [0.2, 0.25) is 0 Å². The normalized spacial score (nSPS) is 20.5. The number of nitrogens with one attached hydrogen (secondary N) is 1. The summed E-state index contributed by atoms with van der Waals surface area (Å²) < 4.78 is 1.87. The maximum atomic E-state index is 6.13. The number of nitrogens with zero attached hydrogens (tertiary/aromatic N) is 3. The molecule has 5 heteroatoms. The van der Waals surface area contributed by atoms with Gasteiger partial charge in [-0.15, -0.1) is 0 Å². The minimum atomic E-state index is 0.340. The molecule has 0 aliphatic carbocycles. The van der Waals surface area contributed by atoms with Crippen molar-refractivity contribution in [3.63, 3.8) is 0 Å². The van der Waals surface area contributed by atoms with Gasteiger partial charge in [-0.1, -0.05) is 11.6 Å².